The zero-order chi connectivity index (χ0) is 14.7. The lowest BCUT2D eigenvalue weighted by atomic mass is 10.1. The Kier molecular flexibility index (Phi) is 4.30. The minimum atomic E-state index is -0.0832. The van der Waals surface area contributed by atoms with Crippen molar-refractivity contribution in [1.82, 2.24) is 5.32 Å². The fourth-order valence-electron chi connectivity index (χ4n) is 2.75. The second-order valence-corrected chi connectivity index (χ2v) is 6.79. The summed E-state index contributed by atoms with van der Waals surface area (Å²) in [4.78, 5) is 13.5. The van der Waals surface area contributed by atoms with Gasteiger partial charge in [-0.25, -0.2) is 0 Å². The predicted molar refractivity (Wildman–Crippen MR) is 87.4 cm³/mol. The summed E-state index contributed by atoms with van der Waals surface area (Å²) in [5.41, 5.74) is 2.65. The highest BCUT2D eigenvalue weighted by Gasteiger charge is 2.25. The number of hydrogen-bond donors (Lipinski definition) is 1. The summed E-state index contributed by atoms with van der Waals surface area (Å²) in [5.74, 6) is 0.116. The van der Waals surface area contributed by atoms with Crippen molar-refractivity contribution in [1.29, 1.82) is 0 Å². The third-order valence-electron chi connectivity index (χ3n) is 3.87. The van der Waals surface area contributed by atoms with Gasteiger partial charge in [0.15, 0.2) is 0 Å². The van der Waals surface area contributed by atoms with Crippen molar-refractivity contribution in [2.45, 2.75) is 36.0 Å². The predicted octanol–water partition coefficient (Wildman–Crippen LogP) is 3.97. The molecule has 0 bridgehead atoms. The molecule has 0 saturated heterocycles. The topological polar surface area (TPSA) is 29.1 Å². The summed E-state index contributed by atoms with van der Waals surface area (Å²) in [6.07, 6.45) is 2.06. The van der Waals surface area contributed by atoms with E-state index in [1.165, 1.54) is 11.1 Å². The van der Waals surface area contributed by atoms with Crippen LogP contribution in [0.15, 0.2) is 59.5 Å². The summed E-state index contributed by atoms with van der Waals surface area (Å²) in [6, 6.07) is 18.6. The number of benzene rings is 2. The lowest BCUT2D eigenvalue weighted by Gasteiger charge is -2.17. The van der Waals surface area contributed by atoms with E-state index in [0.717, 1.165) is 17.7 Å². The number of carbonyl (C=O) groups excluding carboxylic acids is 1. The van der Waals surface area contributed by atoms with E-state index in [2.05, 4.69) is 23.5 Å². The van der Waals surface area contributed by atoms with Gasteiger partial charge in [-0.15, -0.1) is 11.8 Å². The Bertz CT molecular complexity index is 626. The van der Waals surface area contributed by atoms with Gasteiger partial charge in [0.1, 0.15) is 0 Å². The molecule has 0 aliphatic heterocycles. The Hall–Kier alpha value is -1.74. The first-order valence-electron chi connectivity index (χ1n) is 7.34. The first-order valence-corrected chi connectivity index (χ1v) is 8.22. The van der Waals surface area contributed by atoms with Crippen LogP contribution in [0.4, 0.5) is 0 Å². The van der Waals surface area contributed by atoms with Crippen molar-refractivity contribution >= 4 is 17.7 Å². The van der Waals surface area contributed by atoms with E-state index in [9.17, 15) is 4.79 Å². The lowest BCUT2D eigenvalue weighted by molar-refractivity contribution is -0.121. The van der Waals surface area contributed by atoms with Crippen LogP contribution < -0.4 is 5.32 Å². The number of hydrogen-bond acceptors (Lipinski definition) is 2. The maximum atomic E-state index is 12.4. The van der Waals surface area contributed by atoms with E-state index in [4.69, 9.17) is 0 Å². The Balaban J connectivity index is 1.62. The zero-order valence-corrected chi connectivity index (χ0v) is 12.9. The largest absolute Gasteiger partial charge is 0.348 e. The number of aryl methyl sites for hydroxylation is 1. The molecule has 108 valence electrons. The minimum absolute atomic E-state index is 0.0832. The van der Waals surface area contributed by atoms with Crippen molar-refractivity contribution in [3.63, 3.8) is 0 Å². The molecule has 2 nitrogen and oxygen atoms in total. The second kappa shape index (κ2) is 6.35. The van der Waals surface area contributed by atoms with Gasteiger partial charge in [-0.2, -0.15) is 0 Å². The van der Waals surface area contributed by atoms with Gasteiger partial charge in [0.25, 0.3) is 0 Å². The van der Waals surface area contributed by atoms with Crippen molar-refractivity contribution < 1.29 is 4.79 Å². The number of fused-ring (bicyclic) bond motifs is 1. The molecule has 1 aliphatic carbocycles. The summed E-state index contributed by atoms with van der Waals surface area (Å²) in [6.45, 7) is 1.97. The Morgan fingerprint density at radius 3 is 2.67 bits per heavy atom. The standard InChI is InChI=1S/C18H19NOS/c1-13(21-15-8-3-2-4-9-15)18(20)19-17-12-11-14-7-5-6-10-16(14)17/h2-10,13,17H,11-12H2,1H3,(H,19,20)/t13-,17-/m0/s1. The number of rotatable bonds is 4. The zero-order valence-electron chi connectivity index (χ0n) is 12.1. The quantitative estimate of drug-likeness (QED) is 0.865. The molecule has 2 atom stereocenters. The van der Waals surface area contributed by atoms with Gasteiger partial charge in [-0.05, 0) is 43.0 Å². The molecule has 1 amide bonds. The molecule has 0 saturated carbocycles. The molecule has 0 aromatic heterocycles. The molecular formula is C18H19NOS. The number of carbonyl (C=O) groups is 1. The number of thioether (sulfide) groups is 1. The van der Waals surface area contributed by atoms with Crippen LogP contribution in [0.25, 0.3) is 0 Å². The fourth-order valence-corrected chi connectivity index (χ4v) is 3.65. The van der Waals surface area contributed by atoms with Crippen LogP contribution in [-0.2, 0) is 11.2 Å². The Morgan fingerprint density at radius 2 is 1.86 bits per heavy atom. The third kappa shape index (κ3) is 3.30. The summed E-state index contributed by atoms with van der Waals surface area (Å²) < 4.78 is 0. The molecule has 2 aromatic carbocycles. The summed E-state index contributed by atoms with van der Waals surface area (Å²) in [5, 5.41) is 3.11. The van der Waals surface area contributed by atoms with Gasteiger partial charge in [-0.3, -0.25) is 4.79 Å². The molecule has 0 heterocycles. The second-order valence-electron chi connectivity index (χ2n) is 5.37. The average Bonchev–Trinajstić information content (AvgIpc) is 2.91. The molecular weight excluding hydrogens is 278 g/mol. The van der Waals surface area contributed by atoms with Crippen LogP contribution in [0.3, 0.4) is 0 Å². The van der Waals surface area contributed by atoms with E-state index in [1.54, 1.807) is 11.8 Å². The Morgan fingerprint density at radius 1 is 1.14 bits per heavy atom. The molecule has 21 heavy (non-hydrogen) atoms. The van der Waals surface area contributed by atoms with Gasteiger partial charge < -0.3 is 5.32 Å². The summed E-state index contributed by atoms with van der Waals surface area (Å²) in [7, 11) is 0. The number of nitrogens with one attached hydrogen (secondary N) is 1. The normalized spacial score (nSPS) is 18.0. The van der Waals surface area contributed by atoms with Crippen LogP contribution >= 0.6 is 11.8 Å². The first kappa shape index (κ1) is 14.2. The smallest absolute Gasteiger partial charge is 0.233 e. The van der Waals surface area contributed by atoms with Gasteiger partial charge in [0.2, 0.25) is 5.91 Å². The molecule has 2 aromatic rings. The van der Waals surface area contributed by atoms with E-state index in [1.807, 2.05) is 43.3 Å². The lowest BCUT2D eigenvalue weighted by Crippen LogP contribution is -2.33. The van der Waals surface area contributed by atoms with Gasteiger partial charge >= 0.3 is 0 Å². The maximum Gasteiger partial charge on any atom is 0.233 e. The molecule has 3 heteroatoms. The van der Waals surface area contributed by atoms with Gasteiger partial charge in [0, 0.05) is 4.90 Å². The molecule has 1 aliphatic rings. The van der Waals surface area contributed by atoms with Gasteiger partial charge in [0.05, 0.1) is 11.3 Å². The molecule has 0 spiro atoms. The van der Waals surface area contributed by atoms with E-state index < -0.39 is 0 Å². The molecule has 3 rings (SSSR count). The molecule has 0 unspecified atom stereocenters. The van der Waals surface area contributed by atoms with Crippen molar-refractivity contribution in [3.05, 3.63) is 65.7 Å². The monoisotopic (exact) mass is 297 g/mol. The number of amides is 1. The third-order valence-corrected chi connectivity index (χ3v) is 4.99. The van der Waals surface area contributed by atoms with Gasteiger partial charge in [-0.1, -0.05) is 42.5 Å². The highest BCUT2D eigenvalue weighted by Crippen LogP contribution is 2.31. The van der Waals surface area contributed by atoms with Crippen LogP contribution in [0, 0.1) is 0 Å². The van der Waals surface area contributed by atoms with Crippen LogP contribution in [0.2, 0.25) is 0 Å². The summed E-state index contributed by atoms with van der Waals surface area (Å²) >= 11 is 1.60. The highest BCUT2D eigenvalue weighted by molar-refractivity contribution is 8.00. The highest BCUT2D eigenvalue weighted by atomic mass is 32.2. The molecule has 0 fully saturated rings. The Labute approximate surface area is 130 Å². The van der Waals surface area contributed by atoms with Crippen LogP contribution in [0.1, 0.15) is 30.5 Å². The van der Waals surface area contributed by atoms with E-state index in [0.29, 0.717) is 0 Å². The van der Waals surface area contributed by atoms with Crippen molar-refractivity contribution in [2.24, 2.45) is 0 Å². The van der Waals surface area contributed by atoms with Crippen molar-refractivity contribution in [2.75, 3.05) is 0 Å². The SMILES string of the molecule is C[C@H](Sc1ccccc1)C(=O)N[C@H]1CCc2ccccc21. The average molecular weight is 297 g/mol. The van der Waals surface area contributed by atoms with E-state index in [-0.39, 0.29) is 17.2 Å². The van der Waals surface area contributed by atoms with Crippen molar-refractivity contribution in [3.8, 4) is 0 Å². The minimum Gasteiger partial charge on any atom is -0.348 e. The fraction of sp³-hybridized carbons (Fsp3) is 0.278. The maximum absolute atomic E-state index is 12.4. The first-order chi connectivity index (χ1) is 10.2. The molecule has 0 radical (unpaired) electrons. The van der Waals surface area contributed by atoms with E-state index >= 15 is 0 Å². The van der Waals surface area contributed by atoms with Crippen LogP contribution in [0.5, 0.6) is 0 Å². The van der Waals surface area contributed by atoms with Crippen LogP contribution in [-0.4, -0.2) is 11.2 Å². The molecule has 1 N–H and O–H groups in total.